The van der Waals surface area contributed by atoms with Gasteiger partial charge in [0.05, 0.1) is 12.0 Å². The number of primary amides is 1. The van der Waals surface area contributed by atoms with Gasteiger partial charge in [0.15, 0.2) is 0 Å². The predicted molar refractivity (Wildman–Crippen MR) is 159 cm³/mol. The molecule has 2 atom stereocenters. The van der Waals surface area contributed by atoms with Crippen molar-refractivity contribution in [1.29, 1.82) is 0 Å². The Morgan fingerprint density at radius 1 is 1.10 bits per heavy atom. The molecule has 4 N–H and O–H groups in total. The second kappa shape index (κ2) is 13.3. The maximum absolute atomic E-state index is 13.4. The number of alkyl carbamates (subject to hydrolysis) is 1. The van der Waals surface area contributed by atoms with Crippen LogP contribution in [-0.4, -0.2) is 30.1 Å². The van der Waals surface area contributed by atoms with Crippen LogP contribution < -0.4 is 16.4 Å². The lowest BCUT2D eigenvalue weighted by atomic mass is 9.81. The van der Waals surface area contributed by atoms with E-state index in [-0.39, 0.29) is 29.7 Å². The van der Waals surface area contributed by atoms with Crippen LogP contribution in [0.15, 0.2) is 60.0 Å². The molecule has 0 saturated heterocycles. The van der Waals surface area contributed by atoms with E-state index < -0.39 is 11.7 Å². The quantitative estimate of drug-likeness (QED) is 0.351. The van der Waals surface area contributed by atoms with Crippen molar-refractivity contribution in [2.24, 2.45) is 23.5 Å². The zero-order chi connectivity index (χ0) is 28.7. The minimum Gasteiger partial charge on any atom is -0.444 e. The minimum atomic E-state index is -0.516. The van der Waals surface area contributed by atoms with Gasteiger partial charge in [-0.15, -0.1) is 11.3 Å². The van der Waals surface area contributed by atoms with Gasteiger partial charge in [-0.05, 0) is 93.4 Å². The topological polar surface area (TPSA) is 111 Å². The number of allylic oxidation sites excluding steroid dienone is 3. The zero-order valence-corrected chi connectivity index (χ0v) is 24.5. The van der Waals surface area contributed by atoms with Gasteiger partial charge in [0, 0.05) is 17.3 Å². The number of carbonyl (C=O) groups excluding carboxylic acids is 3. The first-order chi connectivity index (χ1) is 19.1. The minimum absolute atomic E-state index is 0.0369. The van der Waals surface area contributed by atoms with Gasteiger partial charge in [0.1, 0.15) is 5.60 Å². The van der Waals surface area contributed by atoms with Gasteiger partial charge < -0.3 is 21.1 Å². The summed E-state index contributed by atoms with van der Waals surface area (Å²) >= 11 is 1.65. The van der Waals surface area contributed by atoms with Gasteiger partial charge in [-0.2, -0.15) is 0 Å². The summed E-state index contributed by atoms with van der Waals surface area (Å²) in [6, 6.07) is 12.2. The standard InChI is InChI=1S/C32H41N3O4S/c1-32(2,3)39-31(38)34-19-22-9-11-25(12-10-22)30(37)35-27(17-21-7-5-4-6-8-21)28-18-26(20-40-28)23-13-15-24(16-14-23)29(33)36/h4-8,13-15,18,20,22,24-25,27H,9-12,16-17,19H2,1-3H3,(H2,33,36)(H,34,38)(H,35,37). The van der Waals surface area contributed by atoms with Crippen LogP contribution in [0.25, 0.3) is 5.57 Å². The fraction of sp³-hybridized carbons (Fsp3) is 0.469. The van der Waals surface area contributed by atoms with Gasteiger partial charge in [-0.1, -0.05) is 48.6 Å². The van der Waals surface area contributed by atoms with E-state index in [0.717, 1.165) is 41.7 Å². The van der Waals surface area contributed by atoms with Gasteiger partial charge in [0.25, 0.3) is 0 Å². The number of hydrogen-bond acceptors (Lipinski definition) is 5. The van der Waals surface area contributed by atoms with E-state index in [1.54, 1.807) is 11.3 Å². The van der Waals surface area contributed by atoms with Gasteiger partial charge >= 0.3 is 6.09 Å². The Labute approximate surface area is 241 Å². The van der Waals surface area contributed by atoms with Gasteiger partial charge in [-0.3, -0.25) is 9.59 Å². The van der Waals surface area contributed by atoms with E-state index in [9.17, 15) is 14.4 Å². The molecule has 1 aromatic heterocycles. The molecule has 0 aliphatic heterocycles. The Morgan fingerprint density at radius 3 is 2.45 bits per heavy atom. The van der Waals surface area contributed by atoms with E-state index in [2.05, 4.69) is 40.3 Å². The molecular formula is C32H41N3O4S. The molecule has 40 heavy (non-hydrogen) atoms. The Balaban J connectivity index is 1.37. The molecule has 2 aromatic rings. The molecule has 8 heteroatoms. The van der Waals surface area contributed by atoms with E-state index in [1.807, 2.05) is 51.1 Å². The van der Waals surface area contributed by atoms with Crippen molar-refractivity contribution in [2.75, 3.05) is 6.54 Å². The lowest BCUT2D eigenvalue weighted by Crippen LogP contribution is -2.39. The third-order valence-corrected chi connectivity index (χ3v) is 8.56. The SMILES string of the molecule is CC(C)(C)OC(=O)NCC1CCC(C(=O)NC(Cc2ccccc2)c2cc(C3=CCC(C(N)=O)C=C3)cs2)CC1. The first-order valence-electron chi connectivity index (χ1n) is 14.1. The van der Waals surface area contributed by atoms with Gasteiger partial charge in [-0.25, -0.2) is 4.79 Å². The molecular weight excluding hydrogens is 522 g/mol. The molecule has 7 nitrogen and oxygen atoms in total. The van der Waals surface area contributed by atoms with E-state index in [4.69, 9.17) is 10.5 Å². The normalized spacial score (nSPS) is 21.7. The summed E-state index contributed by atoms with van der Waals surface area (Å²) in [6.45, 7) is 6.12. The second-order valence-electron chi connectivity index (χ2n) is 11.9. The highest BCUT2D eigenvalue weighted by Gasteiger charge is 2.29. The number of ether oxygens (including phenoxy) is 1. The average Bonchev–Trinajstić information content (AvgIpc) is 3.42. The van der Waals surface area contributed by atoms with Crippen LogP contribution in [0.1, 0.15) is 74.9 Å². The first kappa shape index (κ1) is 29.6. The van der Waals surface area contributed by atoms with E-state index in [1.165, 1.54) is 5.56 Å². The van der Waals surface area contributed by atoms with E-state index >= 15 is 0 Å². The van der Waals surface area contributed by atoms with Crippen LogP contribution in [0, 0.1) is 17.8 Å². The molecule has 3 amide bonds. The summed E-state index contributed by atoms with van der Waals surface area (Å²) in [5.41, 5.74) is 8.26. The van der Waals surface area contributed by atoms with Crippen molar-refractivity contribution >= 4 is 34.8 Å². The molecule has 0 spiro atoms. The Kier molecular flexibility index (Phi) is 9.85. The highest BCUT2D eigenvalue weighted by molar-refractivity contribution is 7.10. The van der Waals surface area contributed by atoms with Crippen LogP contribution in [0.2, 0.25) is 0 Å². The summed E-state index contributed by atoms with van der Waals surface area (Å²) in [7, 11) is 0. The molecule has 1 heterocycles. The van der Waals surface area contributed by atoms with Crippen LogP contribution >= 0.6 is 11.3 Å². The Morgan fingerprint density at radius 2 is 1.82 bits per heavy atom. The van der Waals surface area contributed by atoms with E-state index in [0.29, 0.717) is 25.3 Å². The molecule has 0 bridgehead atoms. The summed E-state index contributed by atoms with van der Waals surface area (Å²) < 4.78 is 5.34. The number of carbonyl (C=O) groups is 3. The molecule has 4 rings (SSSR count). The van der Waals surface area contributed by atoms with Crippen molar-refractivity contribution in [1.82, 2.24) is 10.6 Å². The second-order valence-corrected chi connectivity index (χ2v) is 12.8. The van der Waals surface area contributed by atoms with Crippen molar-refractivity contribution in [2.45, 2.75) is 70.9 Å². The molecule has 2 aliphatic carbocycles. The molecule has 0 radical (unpaired) electrons. The lowest BCUT2D eigenvalue weighted by Gasteiger charge is -2.29. The summed E-state index contributed by atoms with van der Waals surface area (Å²) in [6.07, 6.45) is 10.2. The fourth-order valence-corrected chi connectivity index (χ4v) is 6.23. The number of nitrogens with two attached hydrogens (primary N) is 1. The smallest absolute Gasteiger partial charge is 0.407 e. The van der Waals surface area contributed by atoms with Crippen LogP contribution in [0.5, 0.6) is 0 Å². The number of thiophene rings is 1. The average molecular weight is 564 g/mol. The molecule has 1 fully saturated rings. The maximum Gasteiger partial charge on any atom is 0.407 e. The van der Waals surface area contributed by atoms with Crippen molar-refractivity contribution in [3.05, 3.63) is 76.0 Å². The van der Waals surface area contributed by atoms with Crippen LogP contribution in [0.3, 0.4) is 0 Å². The lowest BCUT2D eigenvalue weighted by molar-refractivity contribution is -0.127. The highest BCUT2D eigenvalue weighted by Crippen LogP contribution is 2.33. The zero-order valence-electron chi connectivity index (χ0n) is 23.7. The number of hydrogen-bond donors (Lipinski definition) is 3. The summed E-state index contributed by atoms with van der Waals surface area (Å²) in [4.78, 5) is 38.1. The summed E-state index contributed by atoms with van der Waals surface area (Å²) in [5.74, 6) is -0.157. The number of rotatable bonds is 9. The first-order valence-corrected chi connectivity index (χ1v) is 15.0. The number of benzene rings is 1. The van der Waals surface area contributed by atoms with Crippen LogP contribution in [0.4, 0.5) is 4.79 Å². The van der Waals surface area contributed by atoms with Crippen molar-refractivity contribution in [3.8, 4) is 0 Å². The molecule has 214 valence electrons. The predicted octanol–water partition coefficient (Wildman–Crippen LogP) is 5.92. The van der Waals surface area contributed by atoms with Crippen LogP contribution in [-0.2, 0) is 20.7 Å². The summed E-state index contributed by atoms with van der Waals surface area (Å²) in [5, 5.41) is 8.36. The fourth-order valence-electron chi connectivity index (χ4n) is 5.27. The Hall–Kier alpha value is -3.39. The van der Waals surface area contributed by atoms with Crippen molar-refractivity contribution in [3.63, 3.8) is 0 Å². The molecule has 1 aromatic carbocycles. The number of nitrogens with one attached hydrogen (secondary N) is 2. The third kappa shape index (κ3) is 8.55. The maximum atomic E-state index is 13.4. The Bertz CT molecular complexity index is 1240. The number of amides is 3. The third-order valence-electron chi connectivity index (χ3n) is 7.51. The highest BCUT2D eigenvalue weighted by atomic mass is 32.1. The molecule has 2 unspecified atom stereocenters. The monoisotopic (exact) mass is 563 g/mol. The van der Waals surface area contributed by atoms with Crippen molar-refractivity contribution < 1.29 is 19.1 Å². The molecule has 2 aliphatic rings. The largest absolute Gasteiger partial charge is 0.444 e. The van der Waals surface area contributed by atoms with Gasteiger partial charge in [0.2, 0.25) is 11.8 Å². The molecule has 1 saturated carbocycles.